The zero-order valence-electron chi connectivity index (χ0n) is 36.3. The van der Waals surface area contributed by atoms with Gasteiger partial charge in [0, 0.05) is 12.8 Å². The third-order valence-corrected chi connectivity index (χ3v) is 10.7. The normalized spacial score (nSPS) is 14.1. The molecule has 11 heteroatoms. The number of hydrogen-bond acceptors (Lipinski definition) is 9. The van der Waals surface area contributed by atoms with Gasteiger partial charge in [-0.1, -0.05) is 159 Å². The highest BCUT2D eigenvalue weighted by molar-refractivity contribution is 7.47. The Bertz CT molecular complexity index is 1050. The van der Waals surface area contributed by atoms with Gasteiger partial charge in [-0.05, 0) is 70.6 Å². The van der Waals surface area contributed by atoms with E-state index in [-0.39, 0.29) is 19.4 Å². The second-order valence-electron chi connectivity index (χ2n) is 15.4. The van der Waals surface area contributed by atoms with Gasteiger partial charge in [-0.2, -0.15) is 0 Å². The summed E-state index contributed by atoms with van der Waals surface area (Å²) < 4.78 is 32.8. The quantitative estimate of drug-likeness (QED) is 0.0235. The Hall–Kier alpha value is -1.81. The highest BCUT2D eigenvalue weighted by atomic mass is 31.2. The number of phosphoric acid groups is 1. The van der Waals surface area contributed by atoms with Crippen molar-refractivity contribution < 1.29 is 47.8 Å². The zero-order chi connectivity index (χ0) is 41.9. The number of hydrogen-bond donors (Lipinski definition) is 3. The Labute approximate surface area is 348 Å². The summed E-state index contributed by atoms with van der Waals surface area (Å²) in [5.41, 5.74) is 0. The highest BCUT2D eigenvalue weighted by Crippen LogP contribution is 2.43. The molecule has 57 heavy (non-hydrogen) atoms. The number of ether oxygens (including phenoxy) is 2. The van der Waals surface area contributed by atoms with E-state index in [4.69, 9.17) is 23.6 Å². The van der Waals surface area contributed by atoms with Crippen LogP contribution in [0.15, 0.2) is 36.5 Å². The van der Waals surface area contributed by atoms with E-state index in [1.165, 1.54) is 109 Å². The van der Waals surface area contributed by atoms with Crippen LogP contribution in [0.25, 0.3) is 0 Å². The largest absolute Gasteiger partial charge is 0.472 e. The van der Waals surface area contributed by atoms with Crippen molar-refractivity contribution >= 4 is 19.8 Å². The summed E-state index contributed by atoms with van der Waals surface area (Å²) in [6.45, 7) is 2.35. The van der Waals surface area contributed by atoms with E-state index in [1.54, 1.807) is 0 Å². The molecule has 0 radical (unpaired) electrons. The number of rotatable bonds is 43. The number of carbonyl (C=O) groups excluding carboxylic acids is 2. The summed E-state index contributed by atoms with van der Waals surface area (Å²) in [4.78, 5) is 35.0. The van der Waals surface area contributed by atoms with Crippen LogP contribution in [0.5, 0.6) is 0 Å². The van der Waals surface area contributed by atoms with E-state index < -0.39 is 51.8 Å². The molecule has 0 aliphatic rings. The van der Waals surface area contributed by atoms with Crippen LogP contribution in [-0.4, -0.2) is 65.7 Å². The number of aliphatic hydroxyl groups is 2. The van der Waals surface area contributed by atoms with Crippen LogP contribution < -0.4 is 0 Å². The molecular weight excluding hydrogens is 743 g/mol. The Morgan fingerprint density at radius 1 is 0.526 bits per heavy atom. The SMILES string of the molecule is CCCCC/C=C/C/C=C/CCCCCCCCCC(=O)O[C@H](COC(=O)CCCCCCCCCCC/C=C/CCCCCC)COP(=O)(O)OC[C@@H](O)CO. The minimum absolute atomic E-state index is 0.175. The molecule has 1 unspecified atom stereocenters. The van der Waals surface area contributed by atoms with Crippen molar-refractivity contribution in [2.24, 2.45) is 0 Å². The Morgan fingerprint density at radius 2 is 0.912 bits per heavy atom. The lowest BCUT2D eigenvalue weighted by molar-refractivity contribution is -0.161. The molecule has 0 rings (SSSR count). The van der Waals surface area contributed by atoms with Crippen molar-refractivity contribution in [2.75, 3.05) is 26.4 Å². The first kappa shape index (κ1) is 55.2. The third-order valence-electron chi connectivity index (χ3n) is 9.77. The predicted octanol–water partition coefficient (Wildman–Crippen LogP) is 12.3. The summed E-state index contributed by atoms with van der Waals surface area (Å²) in [6, 6.07) is 0. The number of esters is 2. The van der Waals surface area contributed by atoms with Crippen LogP contribution >= 0.6 is 7.82 Å². The van der Waals surface area contributed by atoms with E-state index >= 15 is 0 Å². The van der Waals surface area contributed by atoms with Crippen molar-refractivity contribution in [3.8, 4) is 0 Å². The maximum Gasteiger partial charge on any atom is 0.472 e. The maximum absolute atomic E-state index is 12.6. The van der Waals surface area contributed by atoms with Gasteiger partial charge < -0.3 is 24.6 Å². The first-order valence-electron chi connectivity index (χ1n) is 22.9. The summed E-state index contributed by atoms with van der Waals surface area (Å²) in [5.74, 6) is -0.932. The van der Waals surface area contributed by atoms with E-state index in [0.717, 1.165) is 57.8 Å². The first-order valence-corrected chi connectivity index (χ1v) is 24.4. The number of allylic oxidation sites excluding steroid dienone is 6. The van der Waals surface area contributed by atoms with Crippen LogP contribution in [0.4, 0.5) is 0 Å². The van der Waals surface area contributed by atoms with Gasteiger partial charge in [-0.3, -0.25) is 18.6 Å². The van der Waals surface area contributed by atoms with E-state index in [0.29, 0.717) is 12.8 Å². The molecule has 0 spiro atoms. The van der Waals surface area contributed by atoms with Gasteiger partial charge >= 0.3 is 19.8 Å². The summed E-state index contributed by atoms with van der Waals surface area (Å²) in [6.07, 6.45) is 43.9. The van der Waals surface area contributed by atoms with Gasteiger partial charge in [0.05, 0.1) is 19.8 Å². The minimum Gasteiger partial charge on any atom is -0.462 e. The number of unbranched alkanes of at least 4 members (excludes halogenated alkanes) is 23. The average molecular weight is 829 g/mol. The molecule has 10 nitrogen and oxygen atoms in total. The Morgan fingerprint density at radius 3 is 1.40 bits per heavy atom. The number of aliphatic hydroxyl groups excluding tert-OH is 2. The van der Waals surface area contributed by atoms with Crippen molar-refractivity contribution in [3.05, 3.63) is 36.5 Å². The molecule has 0 aromatic heterocycles. The fourth-order valence-corrected chi connectivity index (χ4v) is 6.98. The second-order valence-corrected chi connectivity index (χ2v) is 16.9. The Kier molecular flexibility index (Phi) is 41.0. The molecule has 334 valence electrons. The highest BCUT2D eigenvalue weighted by Gasteiger charge is 2.27. The molecule has 0 aliphatic carbocycles. The predicted molar refractivity (Wildman–Crippen MR) is 233 cm³/mol. The molecule has 0 aliphatic heterocycles. The lowest BCUT2D eigenvalue weighted by atomic mass is 10.1. The van der Waals surface area contributed by atoms with Crippen molar-refractivity contribution in [1.82, 2.24) is 0 Å². The zero-order valence-corrected chi connectivity index (χ0v) is 37.2. The number of carbonyl (C=O) groups is 2. The monoisotopic (exact) mass is 829 g/mol. The molecule has 0 amide bonds. The summed E-state index contributed by atoms with van der Waals surface area (Å²) >= 11 is 0. The molecule has 0 aromatic carbocycles. The average Bonchev–Trinajstić information content (AvgIpc) is 3.20. The van der Waals surface area contributed by atoms with E-state index in [1.807, 2.05) is 0 Å². The fraction of sp³-hybridized carbons (Fsp3) is 0.826. The summed E-state index contributed by atoms with van der Waals surface area (Å²) in [7, 11) is -4.62. The van der Waals surface area contributed by atoms with E-state index in [9.17, 15) is 24.2 Å². The van der Waals surface area contributed by atoms with Crippen LogP contribution in [0.1, 0.15) is 206 Å². The van der Waals surface area contributed by atoms with Gasteiger partial charge in [0.2, 0.25) is 0 Å². The molecule has 0 saturated heterocycles. The van der Waals surface area contributed by atoms with Gasteiger partial charge in [-0.15, -0.1) is 0 Å². The molecule has 0 aromatic rings. The lowest BCUT2D eigenvalue weighted by Crippen LogP contribution is -2.29. The summed E-state index contributed by atoms with van der Waals surface area (Å²) in [5, 5.41) is 18.3. The van der Waals surface area contributed by atoms with Gasteiger partial charge in [0.15, 0.2) is 6.10 Å². The molecule has 3 atom stereocenters. The molecule has 0 bridgehead atoms. The van der Waals surface area contributed by atoms with Crippen LogP contribution in [-0.2, 0) is 32.7 Å². The molecule has 0 heterocycles. The van der Waals surface area contributed by atoms with Crippen LogP contribution in [0, 0.1) is 0 Å². The minimum atomic E-state index is -4.62. The van der Waals surface area contributed by atoms with E-state index in [2.05, 4.69) is 50.3 Å². The topological polar surface area (TPSA) is 149 Å². The van der Waals surface area contributed by atoms with Gasteiger partial charge in [0.1, 0.15) is 12.7 Å². The van der Waals surface area contributed by atoms with Crippen LogP contribution in [0.3, 0.4) is 0 Å². The molecule has 3 N–H and O–H groups in total. The smallest absolute Gasteiger partial charge is 0.462 e. The standard InChI is InChI=1S/C46H85O10P/c1-3-5-7-9-11-13-15-17-19-21-23-25-27-29-31-33-35-37-45(49)53-41-44(42-55-57(51,52)54-40-43(48)39-47)56-46(50)38-36-34-32-30-28-26-24-22-20-18-16-14-12-10-8-6-4-2/h12-15,18,20,43-44,47-48H,3-11,16-17,19,21-42H2,1-2H3,(H,51,52)/b14-12+,15-13+,20-18+/t43-,44+/m0/s1. The van der Waals surface area contributed by atoms with Crippen LogP contribution in [0.2, 0.25) is 0 Å². The van der Waals surface area contributed by atoms with Gasteiger partial charge in [-0.25, -0.2) is 4.57 Å². The molecular formula is C46H85O10P. The third kappa shape index (κ3) is 42.1. The second kappa shape index (κ2) is 42.3. The number of phosphoric ester groups is 1. The molecule has 0 fully saturated rings. The fourth-order valence-electron chi connectivity index (χ4n) is 6.19. The van der Waals surface area contributed by atoms with Crippen molar-refractivity contribution in [2.45, 2.75) is 219 Å². The maximum atomic E-state index is 12.6. The Balaban J connectivity index is 4.26. The molecule has 0 saturated carbocycles. The van der Waals surface area contributed by atoms with Crippen molar-refractivity contribution in [3.63, 3.8) is 0 Å². The van der Waals surface area contributed by atoms with Crippen molar-refractivity contribution in [1.29, 1.82) is 0 Å². The first-order chi connectivity index (χ1) is 27.7. The lowest BCUT2D eigenvalue weighted by Gasteiger charge is -2.20. The van der Waals surface area contributed by atoms with Gasteiger partial charge in [0.25, 0.3) is 0 Å².